The van der Waals surface area contributed by atoms with E-state index in [1.807, 2.05) is 0 Å². The van der Waals surface area contributed by atoms with Gasteiger partial charge in [0.2, 0.25) is 0 Å². The summed E-state index contributed by atoms with van der Waals surface area (Å²) in [6.45, 7) is 2.35. The van der Waals surface area contributed by atoms with Gasteiger partial charge in [0, 0.05) is 0 Å². The van der Waals surface area contributed by atoms with Crippen molar-refractivity contribution in [2.75, 3.05) is 0 Å². The lowest BCUT2D eigenvalue weighted by Crippen LogP contribution is -2.11. The summed E-state index contributed by atoms with van der Waals surface area (Å²) < 4.78 is 0.00726. The number of hydrogen-bond donors (Lipinski definition) is 0. The molecule has 0 heterocycles. The molecule has 110 valence electrons. The maximum atomic E-state index is 2.63. The number of hydrogen-bond acceptors (Lipinski definition) is 0. The Morgan fingerprint density at radius 3 is 1.91 bits per heavy atom. The van der Waals surface area contributed by atoms with E-state index in [1.54, 1.807) is 0 Å². The number of alkyl halides is 1. The average molecular weight is 406 g/mol. The Hall–Kier alpha value is -1.87. The molecule has 1 unspecified atom stereocenters. The summed E-state index contributed by atoms with van der Waals surface area (Å²) in [5.41, 5.74) is 5.71. The second-order valence-electron chi connectivity index (χ2n) is 6.39. The van der Waals surface area contributed by atoms with Gasteiger partial charge in [0.05, 0.1) is 3.42 Å². The molecule has 0 N–H and O–H groups in total. The molecule has 5 rings (SSSR count). The van der Waals surface area contributed by atoms with E-state index < -0.39 is 0 Å². The molecule has 0 saturated heterocycles. The molecule has 1 heteroatoms. The highest BCUT2D eigenvalue weighted by Crippen LogP contribution is 2.57. The molecule has 0 fully saturated rings. The Morgan fingerprint density at radius 2 is 1.17 bits per heavy atom. The third-order valence-electron chi connectivity index (χ3n) is 5.10. The summed E-state index contributed by atoms with van der Waals surface area (Å²) in [5, 5.41) is 5.46. The van der Waals surface area contributed by atoms with Gasteiger partial charge in [-0.25, -0.2) is 0 Å². The standard InChI is InChI=1S/C22H15I/c1-22(23)19-13-7-6-12-18(19)20-16-10-4-2-8-14(16)15-9-3-5-11-17(15)21(20)22/h2-13H,1H3. The topological polar surface area (TPSA) is 0 Å². The number of fused-ring (bicyclic) bond motifs is 8. The molecule has 0 bridgehead atoms. The van der Waals surface area contributed by atoms with Gasteiger partial charge < -0.3 is 0 Å². The van der Waals surface area contributed by atoms with Crippen molar-refractivity contribution in [2.45, 2.75) is 10.3 Å². The number of halogens is 1. The van der Waals surface area contributed by atoms with E-state index in [0.29, 0.717) is 0 Å². The Labute approximate surface area is 149 Å². The number of benzene rings is 4. The van der Waals surface area contributed by atoms with Crippen LogP contribution in [-0.2, 0) is 3.42 Å². The van der Waals surface area contributed by atoms with E-state index in [1.165, 1.54) is 43.8 Å². The SMILES string of the molecule is CC1(I)c2ccccc2-c2c1c1ccccc1c1ccccc21. The highest BCUT2D eigenvalue weighted by atomic mass is 127. The summed E-state index contributed by atoms with van der Waals surface area (Å²) in [4.78, 5) is 0. The first-order valence-corrected chi connectivity index (χ1v) is 9.00. The van der Waals surface area contributed by atoms with Crippen molar-refractivity contribution < 1.29 is 0 Å². The first kappa shape index (κ1) is 13.6. The van der Waals surface area contributed by atoms with Crippen LogP contribution in [0.1, 0.15) is 18.1 Å². The summed E-state index contributed by atoms with van der Waals surface area (Å²) in [6.07, 6.45) is 0. The molecule has 1 atom stereocenters. The van der Waals surface area contributed by atoms with E-state index in [0.717, 1.165) is 0 Å². The molecule has 1 aliphatic carbocycles. The molecule has 0 aromatic heterocycles. The molecule has 1 aliphatic rings. The summed E-state index contributed by atoms with van der Waals surface area (Å²) in [6, 6.07) is 26.5. The van der Waals surface area contributed by atoms with Gasteiger partial charge in [0.1, 0.15) is 0 Å². The molecule has 4 aromatic rings. The lowest BCUT2D eigenvalue weighted by Gasteiger charge is -2.22. The lowest BCUT2D eigenvalue weighted by molar-refractivity contribution is 0.926. The van der Waals surface area contributed by atoms with Gasteiger partial charge in [0.25, 0.3) is 0 Å². The van der Waals surface area contributed by atoms with Crippen molar-refractivity contribution >= 4 is 44.1 Å². The van der Waals surface area contributed by atoms with Crippen LogP contribution in [0.2, 0.25) is 0 Å². The summed E-state index contributed by atoms with van der Waals surface area (Å²) >= 11 is 2.63. The van der Waals surface area contributed by atoms with Crippen LogP contribution < -0.4 is 0 Å². The molecule has 0 saturated carbocycles. The zero-order chi connectivity index (χ0) is 15.6. The van der Waals surface area contributed by atoms with E-state index in [-0.39, 0.29) is 3.42 Å². The van der Waals surface area contributed by atoms with Crippen LogP contribution in [0.3, 0.4) is 0 Å². The van der Waals surface area contributed by atoms with Crippen molar-refractivity contribution in [2.24, 2.45) is 0 Å². The van der Waals surface area contributed by atoms with Crippen LogP contribution in [0, 0.1) is 0 Å². The second-order valence-corrected chi connectivity index (χ2v) is 8.55. The molecule has 23 heavy (non-hydrogen) atoms. The van der Waals surface area contributed by atoms with Gasteiger partial charge in [-0.1, -0.05) is 95.4 Å². The fourth-order valence-corrected chi connectivity index (χ4v) is 5.18. The minimum Gasteiger partial charge on any atom is -0.0686 e. The molecular weight excluding hydrogens is 391 g/mol. The average Bonchev–Trinajstić information content (AvgIpc) is 2.84. The van der Waals surface area contributed by atoms with E-state index in [9.17, 15) is 0 Å². The Morgan fingerprint density at radius 1 is 0.652 bits per heavy atom. The highest BCUT2D eigenvalue weighted by Gasteiger charge is 2.39. The van der Waals surface area contributed by atoms with Crippen molar-refractivity contribution in [1.29, 1.82) is 0 Å². The van der Waals surface area contributed by atoms with Gasteiger partial charge in [0.15, 0.2) is 0 Å². The maximum Gasteiger partial charge on any atom is 0.0708 e. The van der Waals surface area contributed by atoms with Crippen molar-refractivity contribution in [3.63, 3.8) is 0 Å². The molecule has 0 amide bonds. The highest BCUT2D eigenvalue weighted by molar-refractivity contribution is 14.1. The second kappa shape index (κ2) is 4.57. The molecule has 4 aromatic carbocycles. The normalized spacial score (nSPS) is 19.0. The van der Waals surface area contributed by atoms with Crippen molar-refractivity contribution in [1.82, 2.24) is 0 Å². The van der Waals surface area contributed by atoms with Gasteiger partial charge >= 0.3 is 0 Å². The lowest BCUT2D eigenvalue weighted by atomic mass is 9.89. The first-order valence-electron chi connectivity index (χ1n) is 7.92. The van der Waals surface area contributed by atoms with Gasteiger partial charge in [-0.3, -0.25) is 0 Å². The minimum atomic E-state index is 0.00726. The largest absolute Gasteiger partial charge is 0.0708 e. The van der Waals surface area contributed by atoms with E-state index in [2.05, 4.69) is 102 Å². The van der Waals surface area contributed by atoms with Crippen LogP contribution >= 0.6 is 22.6 Å². The third kappa shape index (κ3) is 1.66. The van der Waals surface area contributed by atoms with Crippen LogP contribution in [0.25, 0.3) is 32.7 Å². The van der Waals surface area contributed by atoms with Gasteiger partial charge in [-0.2, -0.15) is 0 Å². The quantitative estimate of drug-likeness (QED) is 0.174. The predicted molar refractivity (Wildman–Crippen MR) is 107 cm³/mol. The van der Waals surface area contributed by atoms with E-state index >= 15 is 0 Å². The van der Waals surface area contributed by atoms with Crippen molar-refractivity contribution in [3.05, 3.63) is 83.9 Å². The smallest absolute Gasteiger partial charge is 0.0686 e. The molecular formula is C22H15I. The van der Waals surface area contributed by atoms with E-state index in [4.69, 9.17) is 0 Å². The zero-order valence-electron chi connectivity index (χ0n) is 12.8. The van der Waals surface area contributed by atoms with Crippen molar-refractivity contribution in [3.8, 4) is 11.1 Å². The minimum absolute atomic E-state index is 0.00726. The molecule has 0 aliphatic heterocycles. The van der Waals surface area contributed by atoms with Crippen LogP contribution in [0.15, 0.2) is 72.8 Å². The van der Waals surface area contributed by atoms with Crippen LogP contribution in [0.4, 0.5) is 0 Å². The van der Waals surface area contributed by atoms with Gasteiger partial charge in [-0.05, 0) is 50.7 Å². The van der Waals surface area contributed by atoms with Crippen LogP contribution in [-0.4, -0.2) is 0 Å². The fourth-order valence-electron chi connectivity index (χ4n) is 4.15. The molecule has 0 radical (unpaired) electrons. The number of rotatable bonds is 0. The maximum absolute atomic E-state index is 2.63. The Bertz CT molecular complexity index is 1090. The van der Waals surface area contributed by atoms with Gasteiger partial charge in [-0.15, -0.1) is 0 Å². The predicted octanol–water partition coefficient (Wildman–Crippen LogP) is 6.67. The Balaban J connectivity index is 2.13. The van der Waals surface area contributed by atoms with Crippen LogP contribution in [0.5, 0.6) is 0 Å². The monoisotopic (exact) mass is 406 g/mol. The third-order valence-corrected chi connectivity index (χ3v) is 6.23. The summed E-state index contributed by atoms with van der Waals surface area (Å²) in [5.74, 6) is 0. The molecule has 0 nitrogen and oxygen atoms in total. The Kier molecular flexibility index (Phi) is 2.70. The summed E-state index contributed by atoms with van der Waals surface area (Å²) in [7, 11) is 0. The first-order chi connectivity index (χ1) is 11.2. The fraction of sp³-hybridized carbons (Fsp3) is 0.0909. The molecule has 0 spiro atoms. The zero-order valence-corrected chi connectivity index (χ0v) is 15.0.